The average Bonchev–Trinajstić information content (AvgIpc) is 1.96. The second kappa shape index (κ2) is 3.85. The Balaban J connectivity index is 3.28. The summed E-state index contributed by atoms with van der Waals surface area (Å²) < 4.78 is 1.13. The second-order valence-corrected chi connectivity index (χ2v) is 4.63. The SMILES string of the molecule is Cc1cc(Br)c(P)c(C(C)C)n1. The van der Waals surface area contributed by atoms with Crippen LogP contribution >= 0.6 is 25.2 Å². The smallest absolute Gasteiger partial charge is 0.0514 e. The monoisotopic (exact) mass is 245 g/mol. The van der Waals surface area contributed by atoms with Gasteiger partial charge in [-0.15, -0.1) is 9.24 Å². The molecule has 0 saturated heterocycles. The molecule has 0 fully saturated rings. The summed E-state index contributed by atoms with van der Waals surface area (Å²) >= 11 is 3.50. The largest absolute Gasteiger partial charge is 0.257 e. The van der Waals surface area contributed by atoms with Crippen molar-refractivity contribution in [3.63, 3.8) is 0 Å². The van der Waals surface area contributed by atoms with E-state index in [1.807, 2.05) is 13.0 Å². The van der Waals surface area contributed by atoms with E-state index < -0.39 is 0 Å². The number of halogens is 1. The van der Waals surface area contributed by atoms with Crippen molar-refractivity contribution in [1.29, 1.82) is 0 Å². The van der Waals surface area contributed by atoms with Gasteiger partial charge in [0.25, 0.3) is 0 Å². The van der Waals surface area contributed by atoms with Gasteiger partial charge in [-0.05, 0) is 18.9 Å². The standard InChI is InChI=1S/C9H13BrNP/c1-5(2)8-9(12)7(10)4-6(3)11-8/h4-5H,12H2,1-3H3. The minimum Gasteiger partial charge on any atom is -0.257 e. The highest BCUT2D eigenvalue weighted by Crippen LogP contribution is 2.18. The number of aryl methyl sites for hydroxylation is 1. The Bertz CT molecular complexity index is 297. The number of hydrogen-bond donors (Lipinski definition) is 0. The minimum atomic E-state index is 0.480. The van der Waals surface area contributed by atoms with Gasteiger partial charge in [-0.3, -0.25) is 4.98 Å². The number of pyridine rings is 1. The molecule has 0 saturated carbocycles. The van der Waals surface area contributed by atoms with Crippen LogP contribution in [0.2, 0.25) is 0 Å². The van der Waals surface area contributed by atoms with Crippen LogP contribution in [0.15, 0.2) is 10.5 Å². The van der Waals surface area contributed by atoms with E-state index in [0.717, 1.165) is 15.9 Å². The topological polar surface area (TPSA) is 12.9 Å². The Labute approximate surface area is 84.3 Å². The molecule has 1 unspecified atom stereocenters. The van der Waals surface area contributed by atoms with Crippen molar-refractivity contribution in [1.82, 2.24) is 4.98 Å². The maximum Gasteiger partial charge on any atom is 0.0514 e. The quantitative estimate of drug-likeness (QED) is 0.694. The van der Waals surface area contributed by atoms with Gasteiger partial charge in [-0.25, -0.2) is 0 Å². The van der Waals surface area contributed by atoms with Gasteiger partial charge in [0, 0.05) is 15.5 Å². The second-order valence-electron chi connectivity index (χ2n) is 3.20. The molecule has 1 heterocycles. The lowest BCUT2D eigenvalue weighted by molar-refractivity contribution is 0.823. The predicted octanol–water partition coefficient (Wildman–Crippen LogP) is 2.78. The van der Waals surface area contributed by atoms with Crippen LogP contribution < -0.4 is 5.30 Å². The first kappa shape index (κ1) is 10.1. The Morgan fingerprint density at radius 2 is 2.08 bits per heavy atom. The van der Waals surface area contributed by atoms with Gasteiger partial charge in [-0.2, -0.15) is 0 Å². The molecular formula is C9H13BrNP. The molecule has 0 bridgehead atoms. The Hall–Kier alpha value is 0.0600. The minimum absolute atomic E-state index is 0.480. The number of aromatic nitrogens is 1. The van der Waals surface area contributed by atoms with Crippen LogP contribution in [0.4, 0.5) is 0 Å². The van der Waals surface area contributed by atoms with Crippen molar-refractivity contribution in [3.8, 4) is 0 Å². The summed E-state index contributed by atoms with van der Waals surface area (Å²) in [6.07, 6.45) is 0. The van der Waals surface area contributed by atoms with E-state index in [9.17, 15) is 0 Å². The van der Waals surface area contributed by atoms with Crippen molar-refractivity contribution < 1.29 is 0 Å². The van der Waals surface area contributed by atoms with Crippen LogP contribution in [0, 0.1) is 6.92 Å². The van der Waals surface area contributed by atoms with Crippen molar-refractivity contribution in [2.45, 2.75) is 26.7 Å². The highest BCUT2D eigenvalue weighted by molar-refractivity contribution is 9.10. The van der Waals surface area contributed by atoms with Gasteiger partial charge >= 0.3 is 0 Å². The molecular weight excluding hydrogens is 233 g/mol. The van der Waals surface area contributed by atoms with Crippen molar-refractivity contribution in [2.24, 2.45) is 0 Å². The fraction of sp³-hybridized carbons (Fsp3) is 0.444. The lowest BCUT2D eigenvalue weighted by Crippen LogP contribution is -2.09. The third-order valence-corrected chi connectivity index (χ3v) is 3.40. The average molecular weight is 246 g/mol. The molecule has 0 aliphatic heterocycles. The summed E-state index contributed by atoms with van der Waals surface area (Å²) in [6, 6.07) is 2.04. The molecule has 0 spiro atoms. The van der Waals surface area contributed by atoms with Crippen molar-refractivity contribution >= 4 is 30.5 Å². The summed E-state index contributed by atoms with van der Waals surface area (Å²) in [5.41, 5.74) is 2.23. The summed E-state index contributed by atoms with van der Waals surface area (Å²) in [5, 5.41) is 1.18. The van der Waals surface area contributed by atoms with Crippen LogP contribution in [-0.4, -0.2) is 4.98 Å². The molecule has 0 radical (unpaired) electrons. The van der Waals surface area contributed by atoms with Crippen LogP contribution in [0.5, 0.6) is 0 Å². The molecule has 0 N–H and O–H groups in total. The zero-order chi connectivity index (χ0) is 9.30. The molecule has 1 nitrogen and oxygen atoms in total. The first-order valence-electron chi connectivity index (χ1n) is 3.95. The van der Waals surface area contributed by atoms with Gasteiger partial charge in [0.05, 0.1) is 5.69 Å². The summed E-state index contributed by atoms with van der Waals surface area (Å²) in [6.45, 7) is 6.32. The third kappa shape index (κ3) is 2.05. The zero-order valence-electron chi connectivity index (χ0n) is 7.56. The third-order valence-electron chi connectivity index (χ3n) is 1.71. The first-order valence-corrected chi connectivity index (χ1v) is 5.32. The summed E-state index contributed by atoms with van der Waals surface area (Å²) in [7, 11) is 2.73. The summed E-state index contributed by atoms with van der Waals surface area (Å²) in [4.78, 5) is 4.48. The van der Waals surface area contributed by atoms with E-state index in [1.165, 1.54) is 5.30 Å². The highest BCUT2D eigenvalue weighted by Gasteiger charge is 2.08. The Kier molecular flexibility index (Phi) is 3.25. The van der Waals surface area contributed by atoms with Gasteiger partial charge in [-0.1, -0.05) is 29.8 Å². The van der Waals surface area contributed by atoms with Gasteiger partial charge < -0.3 is 0 Å². The van der Waals surface area contributed by atoms with E-state index in [4.69, 9.17) is 0 Å². The van der Waals surface area contributed by atoms with Crippen molar-refractivity contribution in [2.75, 3.05) is 0 Å². The molecule has 0 aliphatic rings. The van der Waals surface area contributed by atoms with Crippen LogP contribution in [0.1, 0.15) is 31.2 Å². The number of hydrogen-bond acceptors (Lipinski definition) is 1. The van der Waals surface area contributed by atoms with E-state index in [-0.39, 0.29) is 0 Å². The molecule has 0 amide bonds. The molecule has 0 aliphatic carbocycles. The number of nitrogens with zero attached hydrogens (tertiary/aromatic N) is 1. The van der Waals surface area contributed by atoms with Crippen molar-refractivity contribution in [3.05, 3.63) is 21.9 Å². The molecule has 1 aromatic rings. The fourth-order valence-electron chi connectivity index (χ4n) is 1.11. The lowest BCUT2D eigenvalue weighted by atomic mass is 10.1. The van der Waals surface area contributed by atoms with Crippen LogP contribution in [0.3, 0.4) is 0 Å². The van der Waals surface area contributed by atoms with E-state index >= 15 is 0 Å². The molecule has 12 heavy (non-hydrogen) atoms. The molecule has 3 heteroatoms. The van der Waals surface area contributed by atoms with E-state index in [0.29, 0.717) is 5.92 Å². The molecule has 1 atom stereocenters. The molecule has 66 valence electrons. The molecule has 1 aromatic heterocycles. The first-order chi connectivity index (χ1) is 5.52. The number of rotatable bonds is 1. The highest BCUT2D eigenvalue weighted by atomic mass is 79.9. The van der Waals surface area contributed by atoms with E-state index in [2.05, 4.69) is 44.0 Å². The van der Waals surface area contributed by atoms with Crippen LogP contribution in [0.25, 0.3) is 0 Å². The molecule has 0 aromatic carbocycles. The molecule has 1 rings (SSSR count). The van der Waals surface area contributed by atoms with Gasteiger partial charge in [0.1, 0.15) is 0 Å². The lowest BCUT2D eigenvalue weighted by Gasteiger charge is -2.10. The van der Waals surface area contributed by atoms with E-state index in [1.54, 1.807) is 0 Å². The van der Waals surface area contributed by atoms with Gasteiger partial charge in [0.15, 0.2) is 0 Å². The maximum atomic E-state index is 4.48. The maximum absolute atomic E-state index is 4.48. The zero-order valence-corrected chi connectivity index (χ0v) is 10.3. The Morgan fingerprint density at radius 1 is 1.50 bits per heavy atom. The summed E-state index contributed by atoms with van der Waals surface area (Å²) in [5.74, 6) is 0.480. The van der Waals surface area contributed by atoms with Crippen LogP contribution in [-0.2, 0) is 0 Å². The normalized spacial score (nSPS) is 10.8. The van der Waals surface area contributed by atoms with Gasteiger partial charge in [0.2, 0.25) is 0 Å². The predicted molar refractivity (Wildman–Crippen MR) is 60.1 cm³/mol. The fourth-order valence-corrected chi connectivity index (χ4v) is 2.12. The Morgan fingerprint density at radius 3 is 2.58 bits per heavy atom.